The van der Waals surface area contributed by atoms with Crippen molar-refractivity contribution in [3.8, 4) is 0 Å². The molecule has 0 unspecified atom stereocenters. The number of hydrogen-bond donors (Lipinski definition) is 0. The van der Waals surface area contributed by atoms with Gasteiger partial charge < -0.3 is 21.7 Å². The topological polar surface area (TPSA) is 35.1 Å². The number of methoxy groups -OCH3 is 1. The molecule has 0 bridgehead atoms. The Kier molecular flexibility index (Phi) is 9.57. The standard InChI is InChI=1S/C14H25N2O2.BrH/c1-4-6-10-16-12-15(9-5-2)11-13(16)7-8-14(17)18-3;/h11-12H,4-10H2,1-3H3;1H/q+1;/p-1. The van der Waals surface area contributed by atoms with E-state index in [-0.39, 0.29) is 23.0 Å². The Balaban J connectivity index is 0.00000324. The first-order chi connectivity index (χ1) is 8.71. The summed E-state index contributed by atoms with van der Waals surface area (Å²) in [6.45, 7) is 6.43. The Morgan fingerprint density at radius 2 is 2.11 bits per heavy atom. The minimum Gasteiger partial charge on any atom is -1.00 e. The molecule has 1 aromatic rings. The van der Waals surface area contributed by atoms with Crippen molar-refractivity contribution < 1.29 is 31.1 Å². The van der Waals surface area contributed by atoms with E-state index >= 15 is 0 Å². The first kappa shape index (κ1) is 18.2. The first-order valence-electron chi connectivity index (χ1n) is 6.86. The van der Waals surface area contributed by atoms with Gasteiger partial charge in [0.25, 0.3) is 0 Å². The summed E-state index contributed by atoms with van der Waals surface area (Å²) in [5.41, 5.74) is 1.22. The third kappa shape index (κ3) is 6.23. The van der Waals surface area contributed by atoms with Gasteiger partial charge in [0.15, 0.2) is 0 Å². The van der Waals surface area contributed by atoms with Crippen LogP contribution >= 0.6 is 0 Å². The van der Waals surface area contributed by atoms with E-state index in [1.807, 2.05) is 0 Å². The second kappa shape index (κ2) is 10.0. The summed E-state index contributed by atoms with van der Waals surface area (Å²) in [6, 6.07) is 0. The fraction of sp³-hybridized carbons (Fsp3) is 0.714. The fourth-order valence-electron chi connectivity index (χ4n) is 2.00. The molecule has 0 aliphatic rings. The Labute approximate surface area is 126 Å². The summed E-state index contributed by atoms with van der Waals surface area (Å²) >= 11 is 0. The highest BCUT2D eigenvalue weighted by Crippen LogP contribution is 2.05. The number of imidazole rings is 1. The van der Waals surface area contributed by atoms with Crippen molar-refractivity contribution >= 4 is 5.97 Å². The number of hydrogen-bond acceptors (Lipinski definition) is 2. The van der Waals surface area contributed by atoms with Gasteiger partial charge in [0.1, 0.15) is 11.9 Å². The van der Waals surface area contributed by atoms with Crippen LogP contribution in [0.5, 0.6) is 0 Å². The molecule has 0 N–H and O–H groups in total. The predicted molar refractivity (Wildman–Crippen MR) is 70.2 cm³/mol. The number of nitrogens with zero attached hydrogens (tertiary/aromatic N) is 2. The molecule has 0 aliphatic carbocycles. The van der Waals surface area contributed by atoms with Gasteiger partial charge in [0.05, 0.1) is 26.6 Å². The van der Waals surface area contributed by atoms with E-state index in [1.165, 1.54) is 25.6 Å². The number of aromatic nitrogens is 2. The molecule has 5 heteroatoms. The van der Waals surface area contributed by atoms with Crippen molar-refractivity contribution in [2.45, 2.75) is 59.0 Å². The zero-order valence-electron chi connectivity index (χ0n) is 12.2. The van der Waals surface area contributed by atoms with E-state index in [1.54, 1.807) is 0 Å². The van der Waals surface area contributed by atoms with Crippen molar-refractivity contribution in [1.82, 2.24) is 4.57 Å². The summed E-state index contributed by atoms with van der Waals surface area (Å²) in [4.78, 5) is 11.2. The van der Waals surface area contributed by atoms with Gasteiger partial charge in [0.2, 0.25) is 6.33 Å². The molecular formula is C14H25BrN2O2. The van der Waals surface area contributed by atoms with Crippen molar-refractivity contribution in [2.24, 2.45) is 0 Å². The monoisotopic (exact) mass is 332 g/mol. The van der Waals surface area contributed by atoms with Crippen LogP contribution in [0.15, 0.2) is 12.5 Å². The summed E-state index contributed by atoms with van der Waals surface area (Å²) in [6.07, 6.45) is 9.01. The molecule has 0 aromatic carbocycles. The Morgan fingerprint density at radius 3 is 2.68 bits per heavy atom. The highest BCUT2D eigenvalue weighted by molar-refractivity contribution is 5.69. The molecule has 0 aliphatic heterocycles. The van der Waals surface area contributed by atoms with E-state index < -0.39 is 0 Å². The largest absolute Gasteiger partial charge is 1.00 e. The maximum Gasteiger partial charge on any atom is 0.305 e. The minimum absolute atomic E-state index is 0. The van der Waals surface area contributed by atoms with Crippen LogP contribution in [-0.4, -0.2) is 17.6 Å². The van der Waals surface area contributed by atoms with E-state index in [9.17, 15) is 4.79 Å². The minimum atomic E-state index is -0.139. The molecule has 0 atom stereocenters. The molecule has 110 valence electrons. The molecule has 19 heavy (non-hydrogen) atoms. The Morgan fingerprint density at radius 1 is 1.37 bits per heavy atom. The molecule has 0 saturated heterocycles. The number of ether oxygens (including phenoxy) is 1. The molecule has 0 saturated carbocycles. The first-order valence-corrected chi connectivity index (χ1v) is 6.86. The van der Waals surface area contributed by atoms with Gasteiger partial charge in [-0.1, -0.05) is 20.3 Å². The second-order valence-corrected chi connectivity index (χ2v) is 4.60. The van der Waals surface area contributed by atoms with Crippen LogP contribution in [0.3, 0.4) is 0 Å². The number of carbonyl (C=O) groups excluding carboxylic acids is 1. The summed E-state index contributed by atoms with van der Waals surface area (Å²) in [5, 5.41) is 0. The number of halogens is 1. The predicted octanol–water partition coefficient (Wildman–Crippen LogP) is -0.905. The third-order valence-electron chi connectivity index (χ3n) is 3.02. The SMILES string of the molecule is CCCCn1c[n+](CCC)cc1CCC(=O)OC.[Br-]. The van der Waals surface area contributed by atoms with Crippen molar-refractivity contribution in [2.75, 3.05) is 7.11 Å². The quantitative estimate of drug-likeness (QED) is 0.456. The second-order valence-electron chi connectivity index (χ2n) is 4.60. The van der Waals surface area contributed by atoms with Crippen LogP contribution in [0, 0.1) is 0 Å². The lowest BCUT2D eigenvalue weighted by molar-refractivity contribution is -0.696. The van der Waals surface area contributed by atoms with Gasteiger partial charge in [0, 0.05) is 6.42 Å². The highest BCUT2D eigenvalue weighted by atomic mass is 79.9. The van der Waals surface area contributed by atoms with Gasteiger partial charge in [-0.25, -0.2) is 9.13 Å². The van der Waals surface area contributed by atoms with Crippen molar-refractivity contribution in [1.29, 1.82) is 0 Å². The average molecular weight is 333 g/mol. The van der Waals surface area contributed by atoms with Crippen LogP contribution in [0.1, 0.15) is 45.2 Å². The normalized spacial score (nSPS) is 10.1. The van der Waals surface area contributed by atoms with E-state index in [4.69, 9.17) is 4.74 Å². The molecule has 0 amide bonds. The van der Waals surface area contributed by atoms with Crippen LogP contribution in [0.25, 0.3) is 0 Å². The van der Waals surface area contributed by atoms with Crippen LogP contribution in [-0.2, 0) is 29.0 Å². The lowest BCUT2D eigenvalue weighted by atomic mass is 10.2. The lowest BCUT2D eigenvalue weighted by Gasteiger charge is -2.00. The third-order valence-corrected chi connectivity index (χ3v) is 3.02. The number of unbranched alkanes of at least 4 members (excludes halogenated alkanes) is 1. The maximum absolute atomic E-state index is 11.2. The molecule has 1 rings (SSSR count). The zero-order valence-corrected chi connectivity index (χ0v) is 13.8. The van der Waals surface area contributed by atoms with Crippen LogP contribution in [0.4, 0.5) is 0 Å². The molecular weight excluding hydrogens is 308 g/mol. The summed E-state index contributed by atoms with van der Waals surface area (Å²) < 4.78 is 9.17. The number of rotatable bonds is 8. The van der Waals surface area contributed by atoms with Crippen molar-refractivity contribution in [3.05, 3.63) is 18.2 Å². The van der Waals surface area contributed by atoms with E-state index in [0.29, 0.717) is 6.42 Å². The number of aryl methyl sites for hydroxylation is 3. The number of esters is 1. The summed E-state index contributed by atoms with van der Waals surface area (Å²) in [5.74, 6) is -0.139. The van der Waals surface area contributed by atoms with Crippen LogP contribution in [0.2, 0.25) is 0 Å². The van der Waals surface area contributed by atoms with Crippen molar-refractivity contribution in [3.63, 3.8) is 0 Å². The van der Waals surface area contributed by atoms with Crippen LogP contribution < -0.4 is 21.5 Å². The van der Waals surface area contributed by atoms with E-state index in [2.05, 4.69) is 35.5 Å². The molecule has 4 nitrogen and oxygen atoms in total. The molecule has 0 spiro atoms. The smallest absolute Gasteiger partial charge is 0.305 e. The lowest BCUT2D eigenvalue weighted by Crippen LogP contribution is -3.00. The molecule has 0 radical (unpaired) electrons. The zero-order chi connectivity index (χ0) is 13.4. The average Bonchev–Trinajstić information content (AvgIpc) is 2.76. The van der Waals surface area contributed by atoms with Gasteiger partial charge >= 0.3 is 5.97 Å². The molecule has 1 heterocycles. The fourth-order valence-corrected chi connectivity index (χ4v) is 2.00. The molecule has 1 aromatic heterocycles. The van der Waals surface area contributed by atoms with Gasteiger partial charge in [-0.15, -0.1) is 0 Å². The van der Waals surface area contributed by atoms with E-state index in [0.717, 1.165) is 25.9 Å². The summed E-state index contributed by atoms with van der Waals surface area (Å²) in [7, 11) is 1.44. The number of carbonyl (C=O) groups is 1. The molecule has 0 fully saturated rings. The van der Waals surface area contributed by atoms with Gasteiger partial charge in [-0.2, -0.15) is 0 Å². The van der Waals surface area contributed by atoms with Gasteiger partial charge in [-0.05, 0) is 12.8 Å². The Bertz CT molecular complexity index is 378. The Hall–Kier alpha value is -0.840. The highest BCUT2D eigenvalue weighted by Gasteiger charge is 2.14. The maximum atomic E-state index is 11.2. The van der Waals surface area contributed by atoms with Gasteiger partial charge in [-0.3, -0.25) is 4.79 Å².